The maximum Gasteiger partial charge on any atom is 0.0629 e. The van der Waals surface area contributed by atoms with Crippen LogP contribution in [0.15, 0.2) is 158 Å². The molecule has 0 heteroatoms. The van der Waals surface area contributed by atoms with E-state index in [-0.39, 0.29) is 41.8 Å². The van der Waals surface area contributed by atoms with Crippen LogP contribution in [0.2, 0.25) is 0 Å². The molecule has 8 rings (SSSR count). The minimum absolute atomic E-state index is 0.126. The van der Waals surface area contributed by atoms with Crippen molar-refractivity contribution in [2.75, 3.05) is 0 Å². The number of hydrogen-bond acceptors (Lipinski definition) is 0. The lowest BCUT2D eigenvalue weighted by molar-refractivity contribution is 1.65. The summed E-state index contributed by atoms with van der Waals surface area (Å²) in [5.74, 6) is 0. The van der Waals surface area contributed by atoms with Gasteiger partial charge in [-0.2, -0.15) is 0 Å². The lowest BCUT2D eigenvalue weighted by Gasteiger charge is -2.19. The second-order valence-corrected chi connectivity index (χ2v) is 9.88. The first-order valence-corrected chi connectivity index (χ1v) is 13.2. The molecule has 0 aliphatic carbocycles. The minimum atomic E-state index is -0.422. The fourth-order valence-electron chi connectivity index (χ4n) is 5.99. The van der Waals surface area contributed by atoms with Gasteiger partial charge in [-0.15, -0.1) is 0 Å². The molecule has 0 N–H and O–H groups in total. The van der Waals surface area contributed by atoms with Gasteiger partial charge in [0.15, 0.2) is 0 Å². The molecule has 0 aliphatic heterocycles. The molecule has 8 aromatic carbocycles. The maximum absolute atomic E-state index is 8.93. The van der Waals surface area contributed by atoms with Crippen LogP contribution in [0.4, 0.5) is 0 Å². The van der Waals surface area contributed by atoms with E-state index < -0.39 is 6.04 Å². The van der Waals surface area contributed by atoms with Gasteiger partial charge < -0.3 is 0 Å². The first-order valence-electron chi connectivity index (χ1n) is 17.2. The zero-order chi connectivity index (χ0) is 33.4. The third-order valence-corrected chi connectivity index (χ3v) is 7.72. The topological polar surface area (TPSA) is 0 Å². The predicted octanol–water partition coefficient (Wildman–Crippen LogP) is 11.3. The molecule has 0 aliphatic rings. The summed E-state index contributed by atoms with van der Waals surface area (Å²) in [6.07, 6.45) is 0. The van der Waals surface area contributed by atoms with Crippen LogP contribution in [0, 0.1) is 0 Å². The lowest BCUT2D eigenvalue weighted by atomic mass is 9.84. The van der Waals surface area contributed by atoms with Crippen LogP contribution in [-0.4, -0.2) is 0 Å². The molecule has 0 nitrogen and oxygen atoms in total. The quantitative estimate of drug-likeness (QED) is 0.206. The van der Waals surface area contributed by atoms with Crippen molar-refractivity contribution >= 4 is 43.1 Å². The Labute approximate surface area is 245 Å². The Morgan fingerprint density at radius 2 is 0.900 bits per heavy atom. The van der Waals surface area contributed by atoms with Crippen LogP contribution in [0.3, 0.4) is 0 Å². The van der Waals surface area contributed by atoms with E-state index in [1.807, 2.05) is 78.9 Å². The molecule has 8 aromatic rings. The van der Waals surface area contributed by atoms with E-state index in [1.165, 1.54) is 0 Å². The van der Waals surface area contributed by atoms with Crippen molar-refractivity contribution in [1.82, 2.24) is 0 Å². The summed E-state index contributed by atoms with van der Waals surface area (Å²) >= 11 is 0. The van der Waals surface area contributed by atoms with Gasteiger partial charge in [-0.05, 0) is 82.5 Å². The molecule has 0 atom stereocenters. The fourth-order valence-corrected chi connectivity index (χ4v) is 5.99. The Morgan fingerprint density at radius 3 is 1.57 bits per heavy atom. The molecule has 0 spiro atoms. The largest absolute Gasteiger partial charge is 0.0629 e. The second-order valence-electron chi connectivity index (χ2n) is 9.88. The summed E-state index contributed by atoms with van der Waals surface area (Å²) in [5, 5.41) is 6.81. The maximum atomic E-state index is 8.93. The van der Waals surface area contributed by atoms with Crippen molar-refractivity contribution < 1.29 is 11.0 Å². The van der Waals surface area contributed by atoms with E-state index in [2.05, 4.69) is 12.1 Å². The molecule has 0 fully saturated rings. The molecular formula is C40H26. The minimum Gasteiger partial charge on any atom is -0.0622 e. The van der Waals surface area contributed by atoms with E-state index in [0.717, 1.165) is 65.3 Å². The van der Waals surface area contributed by atoms with Gasteiger partial charge in [0.1, 0.15) is 0 Å². The molecule has 0 radical (unpaired) electrons. The summed E-state index contributed by atoms with van der Waals surface area (Å²) in [7, 11) is 0. The standard InChI is InChI=1S/C40H26/c1-2-13-28(14-3-1)39-35-16-6-8-18-37(35)40(38-19-9-7-17-36(38)39)34-23-11-21-32-31(20-10-22-33(32)34)30-25-24-27-12-4-5-15-29(27)26-30/h1-26H/i1D,2D,3D,4D,5D,13D,14D,25D. The van der Waals surface area contributed by atoms with E-state index >= 15 is 0 Å². The molecule has 0 amide bonds. The Kier molecular flexibility index (Phi) is 3.70. The Balaban J connectivity index is 1.46. The Hall–Kier alpha value is -5.20. The van der Waals surface area contributed by atoms with Crippen molar-refractivity contribution in [2.24, 2.45) is 0 Å². The van der Waals surface area contributed by atoms with Crippen molar-refractivity contribution in [1.29, 1.82) is 0 Å². The average molecular weight is 515 g/mol. The van der Waals surface area contributed by atoms with Crippen LogP contribution in [-0.2, 0) is 0 Å². The Morgan fingerprint density at radius 1 is 0.350 bits per heavy atom. The second kappa shape index (κ2) is 9.22. The Bertz CT molecular complexity index is 2570. The first kappa shape index (κ1) is 16.0. The highest BCUT2D eigenvalue weighted by Gasteiger charge is 2.18. The van der Waals surface area contributed by atoms with Gasteiger partial charge in [-0.3, -0.25) is 0 Å². The lowest BCUT2D eigenvalue weighted by Crippen LogP contribution is -1.92. The van der Waals surface area contributed by atoms with Gasteiger partial charge in [-0.1, -0.05) is 151 Å². The van der Waals surface area contributed by atoms with E-state index in [9.17, 15) is 0 Å². The highest BCUT2D eigenvalue weighted by Crippen LogP contribution is 2.46. The molecule has 0 bridgehead atoms. The van der Waals surface area contributed by atoms with Gasteiger partial charge in [0.05, 0.1) is 11.0 Å². The van der Waals surface area contributed by atoms with Crippen LogP contribution in [0.5, 0.6) is 0 Å². The SMILES string of the molecule is [2H]c1cc2cc([2H])c(-c3cccc4c(-c5c6ccccc6c(-c6c([2H])c([2H])c([2H])c([2H])c6[2H])c6ccccc56)cccc34)cc2cc1[2H]. The predicted molar refractivity (Wildman–Crippen MR) is 173 cm³/mol. The van der Waals surface area contributed by atoms with E-state index in [0.29, 0.717) is 11.6 Å². The van der Waals surface area contributed by atoms with Crippen LogP contribution >= 0.6 is 0 Å². The fraction of sp³-hybridized carbons (Fsp3) is 0. The number of rotatable bonds is 3. The van der Waals surface area contributed by atoms with Crippen LogP contribution in [0.25, 0.3) is 76.5 Å². The van der Waals surface area contributed by atoms with Gasteiger partial charge in [0.25, 0.3) is 0 Å². The summed E-state index contributed by atoms with van der Waals surface area (Å²) in [5.41, 5.74) is 4.32. The third kappa shape index (κ3) is 3.54. The van der Waals surface area contributed by atoms with E-state index in [4.69, 9.17) is 11.0 Å². The molecule has 186 valence electrons. The summed E-state index contributed by atoms with van der Waals surface area (Å²) < 4.78 is 67.8. The molecule has 0 saturated carbocycles. The van der Waals surface area contributed by atoms with Crippen molar-refractivity contribution in [3.05, 3.63) is 158 Å². The highest BCUT2D eigenvalue weighted by atomic mass is 14.2. The average Bonchev–Trinajstić information content (AvgIpc) is 3.10. The van der Waals surface area contributed by atoms with Crippen molar-refractivity contribution in [3.8, 4) is 33.4 Å². The normalized spacial score (nSPS) is 14.3. The molecule has 40 heavy (non-hydrogen) atoms. The summed E-state index contributed by atoms with van der Waals surface area (Å²) in [6, 6.07) is 33.8. The van der Waals surface area contributed by atoms with Crippen molar-refractivity contribution in [3.63, 3.8) is 0 Å². The molecular weight excluding hydrogens is 480 g/mol. The van der Waals surface area contributed by atoms with Gasteiger partial charge in [0, 0.05) is 0 Å². The molecule has 0 aromatic heterocycles. The first-order chi connectivity index (χ1) is 23.2. The van der Waals surface area contributed by atoms with Crippen LogP contribution in [0.1, 0.15) is 11.0 Å². The zero-order valence-electron chi connectivity index (χ0n) is 29.4. The number of hydrogen-bond donors (Lipinski definition) is 0. The van der Waals surface area contributed by atoms with Gasteiger partial charge in [0.2, 0.25) is 0 Å². The summed E-state index contributed by atoms with van der Waals surface area (Å²) in [6.45, 7) is 0. The molecule has 0 saturated heterocycles. The van der Waals surface area contributed by atoms with Gasteiger partial charge >= 0.3 is 0 Å². The zero-order valence-corrected chi connectivity index (χ0v) is 21.4. The highest BCUT2D eigenvalue weighted by molar-refractivity contribution is 6.24. The van der Waals surface area contributed by atoms with Gasteiger partial charge in [-0.25, -0.2) is 0 Å². The number of benzene rings is 8. The monoisotopic (exact) mass is 514 g/mol. The smallest absolute Gasteiger partial charge is 0.0622 e. The van der Waals surface area contributed by atoms with Crippen molar-refractivity contribution in [2.45, 2.75) is 0 Å². The molecule has 0 unspecified atom stereocenters. The molecule has 0 heterocycles. The van der Waals surface area contributed by atoms with E-state index in [1.54, 1.807) is 18.2 Å². The third-order valence-electron chi connectivity index (χ3n) is 7.72. The summed E-state index contributed by atoms with van der Waals surface area (Å²) in [4.78, 5) is 0. The van der Waals surface area contributed by atoms with Crippen LogP contribution < -0.4 is 0 Å². The number of fused-ring (bicyclic) bond motifs is 4.